The average molecular weight is 445 g/mol. The molecule has 0 saturated carbocycles. The maximum atomic E-state index is 12.4. The van der Waals surface area contributed by atoms with Gasteiger partial charge in [-0.1, -0.05) is 52.5 Å². The first kappa shape index (κ1) is 19.9. The summed E-state index contributed by atoms with van der Waals surface area (Å²) in [7, 11) is 0. The minimum absolute atomic E-state index is 0.0462. The Bertz CT molecular complexity index is 977. The van der Waals surface area contributed by atoms with Gasteiger partial charge in [-0.2, -0.15) is 0 Å². The first-order valence-electron chi connectivity index (χ1n) is 7.77. The lowest BCUT2D eigenvalue weighted by Crippen LogP contribution is -2.12. The Hall–Kier alpha value is -1.85. The van der Waals surface area contributed by atoms with Gasteiger partial charge in [-0.25, -0.2) is 0 Å². The molecule has 0 aliphatic heterocycles. The third-order valence-corrected chi connectivity index (χ3v) is 4.91. The molecule has 0 radical (unpaired) electrons. The molecule has 0 atom stereocenters. The number of hydrogen-bond donors (Lipinski definition) is 1. The van der Waals surface area contributed by atoms with Crippen LogP contribution in [0.25, 0.3) is 0 Å². The smallest absolute Gasteiger partial charge is 0.291 e. The van der Waals surface area contributed by atoms with Crippen LogP contribution in [0, 0.1) is 6.92 Å². The second-order valence-corrected chi connectivity index (χ2v) is 7.28. The Balaban J connectivity index is 1.68. The zero-order chi connectivity index (χ0) is 19.6. The highest BCUT2D eigenvalue weighted by atomic mass is 35.5. The minimum atomic E-state index is -0.394. The maximum absolute atomic E-state index is 12.4. The number of anilines is 1. The predicted octanol–water partition coefficient (Wildman–Crippen LogP) is 7.03. The molecule has 27 heavy (non-hydrogen) atoms. The molecule has 1 heterocycles. The van der Waals surface area contributed by atoms with Crippen molar-refractivity contribution in [1.82, 2.24) is 0 Å². The van der Waals surface area contributed by atoms with Crippen LogP contribution in [0.5, 0.6) is 5.75 Å². The Morgan fingerprint density at radius 1 is 1.04 bits per heavy atom. The van der Waals surface area contributed by atoms with Gasteiger partial charge in [-0.3, -0.25) is 4.79 Å². The topological polar surface area (TPSA) is 51.5 Å². The number of amides is 1. The second-order valence-electron chi connectivity index (χ2n) is 5.62. The van der Waals surface area contributed by atoms with Gasteiger partial charge >= 0.3 is 0 Å². The molecular formula is C19H13Cl4NO3. The van der Waals surface area contributed by atoms with Crippen LogP contribution in [-0.2, 0) is 6.61 Å². The standard InChI is InChI=1S/C19H13Cl4NO3/c1-10-13(21)3-2-4-16(10)24-19(25)17-6-5-12(27-17)9-26-18-14(22)7-11(20)8-15(18)23/h2-8H,9H2,1H3,(H,24,25). The molecule has 4 nitrogen and oxygen atoms in total. The summed E-state index contributed by atoms with van der Waals surface area (Å²) in [5.74, 6) is 0.472. The van der Waals surface area contributed by atoms with Crippen LogP contribution in [0.3, 0.4) is 0 Å². The lowest BCUT2D eigenvalue weighted by Gasteiger charge is -2.09. The highest BCUT2D eigenvalue weighted by Crippen LogP contribution is 2.36. The third kappa shape index (κ3) is 4.71. The molecule has 0 bridgehead atoms. The van der Waals surface area contributed by atoms with Crippen LogP contribution in [0.1, 0.15) is 21.9 Å². The molecule has 0 spiro atoms. The van der Waals surface area contributed by atoms with E-state index in [1.165, 1.54) is 12.1 Å². The lowest BCUT2D eigenvalue weighted by molar-refractivity contribution is 0.0992. The Labute approximate surface area is 175 Å². The van der Waals surface area contributed by atoms with Crippen molar-refractivity contribution in [2.45, 2.75) is 13.5 Å². The van der Waals surface area contributed by atoms with Crippen LogP contribution in [-0.4, -0.2) is 5.91 Å². The SMILES string of the molecule is Cc1c(Cl)cccc1NC(=O)c1ccc(COc2c(Cl)cc(Cl)cc2Cl)o1. The van der Waals surface area contributed by atoms with E-state index in [-0.39, 0.29) is 22.4 Å². The number of carbonyl (C=O) groups excluding carboxylic acids is 1. The fraction of sp³-hybridized carbons (Fsp3) is 0.105. The van der Waals surface area contributed by atoms with Gasteiger partial charge in [0.1, 0.15) is 12.4 Å². The molecule has 3 rings (SSSR count). The summed E-state index contributed by atoms with van der Waals surface area (Å²) >= 11 is 24.1. The van der Waals surface area contributed by atoms with Gasteiger partial charge in [0.25, 0.3) is 5.91 Å². The fourth-order valence-corrected chi connectivity index (χ4v) is 3.42. The van der Waals surface area contributed by atoms with Crippen molar-refractivity contribution in [1.29, 1.82) is 0 Å². The Morgan fingerprint density at radius 3 is 2.44 bits per heavy atom. The molecule has 8 heteroatoms. The maximum Gasteiger partial charge on any atom is 0.291 e. The van der Waals surface area contributed by atoms with Crippen LogP contribution in [0.4, 0.5) is 5.69 Å². The normalized spacial score (nSPS) is 10.7. The zero-order valence-corrected chi connectivity index (χ0v) is 17.0. The Morgan fingerprint density at radius 2 is 1.74 bits per heavy atom. The molecule has 1 N–H and O–H groups in total. The number of carbonyl (C=O) groups is 1. The van der Waals surface area contributed by atoms with Crippen LogP contribution >= 0.6 is 46.4 Å². The van der Waals surface area contributed by atoms with E-state index in [0.717, 1.165) is 5.56 Å². The van der Waals surface area contributed by atoms with Crippen molar-refractivity contribution in [3.8, 4) is 5.75 Å². The fourth-order valence-electron chi connectivity index (χ4n) is 2.31. The van der Waals surface area contributed by atoms with Crippen molar-refractivity contribution >= 4 is 58.0 Å². The number of ether oxygens (including phenoxy) is 1. The van der Waals surface area contributed by atoms with Gasteiger partial charge in [0.2, 0.25) is 0 Å². The van der Waals surface area contributed by atoms with E-state index >= 15 is 0 Å². The molecule has 1 amide bonds. The monoisotopic (exact) mass is 443 g/mol. The molecule has 2 aromatic carbocycles. The minimum Gasteiger partial charge on any atom is -0.483 e. The highest BCUT2D eigenvalue weighted by Gasteiger charge is 2.15. The molecule has 3 aromatic rings. The quantitative estimate of drug-likeness (QED) is 0.459. The van der Waals surface area contributed by atoms with E-state index in [1.54, 1.807) is 30.3 Å². The van der Waals surface area contributed by atoms with Gasteiger partial charge in [-0.15, -0.1) is 0 Å². The zero-order valence-electron chi connectivity index (χ0n) is 14.0. The van der Waals surface area contributed by atoms with Crippen LogP contribution < -0.4 is 10.1 Å². The largest absolute Gasteiger partial charge is 0.483 e. The van der Waals surface area contributed by atoms with E-state index in [4.69, 9.17) is 55.6 Å². The van der Waals surface area contributed by atoms with Gasteiger partial charge < -0.3 is 14.5 Å². The molecule has 0 aliphatic rings. The lowest BCUT2D eigenvalue weighted by atomic mass is 10.2. The first-order valence-corrected chi connectivity index (χ1v) is 9.29. The van der Waals surface area contributed by atoms with Crippen molar-refractivity contribution < 1.29 is 13.9 Å². The van der Waals surface area contributed by atoms with Crippen molar-refractivity contribution in [2.24, 2.45) is 0 Å². The van der Waals surface area contributed by atoms with Crippen LogP contribution in [0.15, 0.2) is 46.9 Å². The van der Waals surface area contributed by atoms with E-state index in [1.807, 2.05) is 6.92 Å². The number of nitrogens with one attached hydrogen (secondary N) is 1. The number of hydrogen-bond acceptors (Lipinski definition) is 3. The summed E-state index contributed by atoms with van der Waals surface area (Å²) < 4.78 is 11.1. The van der Waals surface area contributed by atoms with Gasteiger partial charge in [0.15, 0.2) is 11.5 Å². The van der Waals surface area contributed by atoms with Crippen LogP contribution in [0.2, 0.25) is 20.1 Å². The highest BCUT2D eigenvalue weighted by molar-refractivity contribution is 6.40. The van der Waals surface area contributed by atoms with Crippen molar-refractivity contribution in [2.75, 3.05) is 5.32 Å². The van der Waals surface area contributed by atoms with E-state index in [2.05, 4.69) is 5.32 Å². The Kier molecular flexibility index (Phi) is 6.22. The summed E-state index contributed by atoms with van der Waals surface area (Å²) in [6, 6.07) is 11.5. The van der Waals surface area contributed by atoms with Crippen molar-refractivity contribution in [3.63, 3.8) is 0 Å². The number of halogens is 4. The van der Waals surface area contributed by atoms with Gasteiger partial charge in [0.05, 0.1) is 10.0 Å². The number of rotatable bonds is 5. The molecule has 140 valence electrons. The molecule has 0 fully saturated rings. The second kappa shape index (κ2) is 8.44. The molecule has 1 aromatic heterocycles. The van der Waals surface area contributed by atoms with E-state index in [0.29, 0.717) is 27.2 Å². The summed E-state index contributed by atoms with van der Waals surface area (Å²) in [5, 5.41) is 4.31. The first-order chi connectivity index (χ1) is 12.8. The third-order valence-electron chi connectivity index (χ3n) is 3.72. The summed E-state index contributed by atoms with van der Waals surface area (Å²) in [6.45, 7) is 1.86. The summed E-state index contributed by atoms with van der Waals surface area (Å²) in [4.78, 5) is 12.4. The molecule has 0 unspecified atom stereocenters. The molecular weight excluding hydrogens is 432 g/mol. The number of furan rings is 1. The van der Waals surface area contributed by atoms with Gasteiger partial charge in [0, 0.05) is 15.7 Å². The van der Waals surface area contributed by atoms with Crippen molar-refractivity contribution in [3.05, 3.63) is 79.6 Å². The predicted molar refractivity (Wildman–Crippen MR) is 109 cm³/mol. The average Bonchev–Trinajstić information content (AvgIpc) is 3.07. The van der Waals surface area contributed by atoms with E-state index < -0.39 is 5.91 Å². The van der Waals surface area contributed by atoms with Gasteiger partial charge in [-0.05, 0) is 48.9 Å². The number of benzene rings is 2. The summed E-state index contributed by atoms with van der Waals surface area (Å²) in [6.07, 6.45) is 0. The molecule has 0 saturated heterocycles. The van der Waals surface area contributed by atoms with E-state index in [9.17, 15) is 4.79 Å². The summed E-state index contributed by atoms with van der Waals surface area (Å²) in [5.41, 5.74) is 1.39. The molecule has 0 aliphatic carbocycles.